The van der Waals surface area contributed by atoms with Gasteiger partial charge in [-0.15, -0.1) is 0 Å². The zero-order chi connectivity index (χ0) is 13.2. The van der Waals surface area contributed by atoms with Gasteiger partial charge < -0.3 is 10.5 Å². The predicted octanol–water partition coefficient (Wildman–Crippen LogP) is 2.84. The van der Waals surface area contributed by atoms with Crippen molar-refractivity contribution in [2.75, 3.05) is 13.2 Å². The first-order valence-electron chi connectivity index (χ1n) is 6.33. The lowest BCUT2D eigenvalue weighted by molar-refractivity contribution is 0.117. The molecule has 3 heteroatoms. The van der Waals surface area contributed by atoms with Gasteiger partial charge in [0.25, 0.3) is 0 Å². The third-order valence-corrected chi connectivity index (χ3v) is 2.52. The van der Waals surface area contributed by atoms with Gasteiger partial charge in [0.05, 0.1) is 18.7 Å². The number of rotatable bonds is 6. The molecule has 0 bridgehead atoms. The lowest BCUT2D eigenvalue weighted by atomic mass is 10.1. The average Bonchev–Trinajstić information content (AvgIpc) is 2.39. The van der Waals surface area contributed by atoms with E-state index in [0.29, 0.717) is 12.2 Å². The highest BCUT2D eigenvalue weighted by Crippen LogP contribution is 2.11. The van der Waals surface area contributed by atoms with Crippen LogP contribution in [0.1, 0.15) is 37.3 Å². The maximum Gasteiger partial charge on any atom is 0.138 e. The lowest BCUT2D eigenvalue weighted by Crippen LogP contribution is -1.97. The summed E-state index contributed by atoms with van der Waals surface area (Å²) in [4.78, 5) is 0. The van der Waals surface area contributed by atoms with Crippen LogP contribution in [-0.2, 0) is 11.3 Å². The normalized spacial score (nSPS) is 9.94. The third kappa shape index (κ3) is 5.31. The SMILES string of the molecule is CCCCCOCc1ccc(F)c(C#CCN)c1. The zero-order valence-corrected chi connectivity index (χ0v) is 10.8. The zero-order valence-electron chi connectivity index (χ0n) is 10.8. The van der Waals surface area contributed by atoms with Crippen molar-refractivity contribution in [1.82, 2.24) is 0 Å². The molecule has 0 aliphatic carbocycles. The summed E-state index contributed by atoms with van der Waals surface area (Å²) in [5.41, 5.74) is 6.59. The molecule has 18 heavy (non-hydrogen) atoms. The van der Waals surface area contributed by atoms with Gasteiger partial charge in [-0.2, -0.15) is 0 Å². The van der Waals surface area contributed by atoms with Gasteiger partial charge in [-0.1, -0.05) is 37.7 Å². The van der Waals surface area contributed by atoms with Crippen molar-refractivity contribution < 1.29 is 9.13 Å². The first kappa shape index (κ1) is 14.7. The Labute approximate surface area is 108 Å². The van der Waals surface area contributed by atoms with Crippen LogP contribution in [0, 0.1) is 17.7 Å². The molecule has 0 amide bonds. The maximum atomic E-state index is 13.4. The summed E-state index contributed by atoms with van der Waals surface area (Å²) >= 11 is 0. The second-order valence-corrected chi connectivity index (χ2v) is 4.08. The average molecular weight is 249 g/mol. The molecule has 0 radical (unpaired) electrons. The van der Waals surface area contributed by atoms with Gasteiger partial charge in [-0.25, -0.2) is 4.39 Å². The number of nitrogens with two attached hydrogens (primary N) is 1. The summed E-state index contributed by atoms with van der Waals surface area (Å²) in [5, 5.41) is 0. The van der Waals surface area contributed by atoms with Gasteiger partial charge in [0.15, 0.2) is 0 Å². The molecule has 1 aromatic rings. The molecule has 0 unspecified atom stereocenters. The van der Waals surface area contributed by atoms with E-state index in [1.165, 1.54) is 18.9 Å². The van der Waals surface area contributed by atoms with Gasteiger partial charge in [-0.05, 0) is 24.1 Å². The van der Waals surface area contributed by atoms with E-state index in [-0.39, 0.29) is 12.4 Å². The first-order valence-corrected chi connectivity index (χ1v) is 6.33. The number of halogens is 1. The van der Waals surface area contributed by atoms with Gasteiger partial charge in [0, 0.05) is 6.61 Å². The summed E-state index contributed by atoms with van der Waals surface area (Å²) < 4.78 is 18.9. The summed E-state index contributed by atoms with van der Waals surface area (Å²) in [5.74, 6) is 5.06. The Kier molecular flexibility index (Phi) is 7.09. The molecule has 0 saturated carbocycles. The molecule has 0 saturated heterocycles. The van der Waals surface area contributed by atoms with E-state index in [9.17, 15) is 4.39 Å². The van der Waals surface area contributed by atoms with E-state index >= 15 is 0 Å². The van der Waals surface area contributed by atoms with Crippen LogP contribution < -0.4 is 5.73 Å². The molecule has 0 atom stereocenters. The summed E-state index contributed by atoms with van der Waals surface area (Å²) in [6.45, 7) is 3.63. The van der Waals surface area contributed by atoms with E-state index < -0.39 is 0 Å². The van der Waals surface area contributed by atoms with Crippen molar-refractivity contribution in [2.24, 2.45) is 5.73 Å². The number of unbranched alkanes of at least 4 members (excludes halogenated alkanes) is 2. The lowest BCUT2D eigenvalue weighted by Gasteiger charge is -2.05. The molecule has 0 aliphatic heterocycles. The Morgan fingerprint density at radius 1 is 1.33 bits per heavy atom. The first-order chi connectivity index (χ1) is 8.77. The molecule has 0 aliphatic rings. The fourth-order valence-corrected chi connectivity index (χ4v) is 1.55. The van der Waals surface area contributed by atoms with Crippen LogP contribution in [0.25, 0.3) is 0 Å². The van der Waals surface area contributed by atoms with Crippen LogP contribution in [0.3, 0.4) is 0 Å². The molecule has 0 spiro atoms. The quantitative estimate of drug-likeness (QED) is 0.621. The highest BCUT2D eigenvalue weighted by Gasteiger charge is 2.01. The largest absolute Gasteiger partial charge is 0.377 e. The van der Waals surface area contributed by atoms with Crippen molar-refractivity contribution in [3.63, 3.8) is 0 Å². The third-order valence-electron chi connectivity index (χ3n) is 2.52. The Hall–Kier alpha value is -1.37. The second-order valence-electron chi connectivity index (χ2n) is 4.08. The molecule has 1 rings (SSSR count). The van der Waals surface area contributed by atoms with Gasteiger partial charge in [0.2, 0.25) is 0 Å². The number of benzene rings is 1. The fraction of sp³-hybridized carbons (Fsp3) is 0.467. The topological polar surface area (TPSA) is 35.2 Å². The minimum atomic E-state index is -0.314. The van der Waals surface area contributed by atoms with E-state index in [1.807, 2.05) is 0 Å². The highest BCUT2D eigenvalue weighted by atomic mass is 19.1. The van der Waals surface area contributed by atoms with E-state index in [1.54, 1.807) is 12.1 Å². The predicted molar refractivity (Wildman–Crippen MR) is 71.5 cm³/mol. The molecule has 2 nitrogen and oxygen atoms in total. The Balaban J connectivity index is 2.51. The van der Waals surface area contributed by atoms with Gasteiger partial charge in [-0.3, -0.25) is 0 Å². The van der Waals surface area contributed by atoms with Gasteiger partial charge in [0.1, 0.15) is 5.82 Å². The highest BCUT2D eigenvalue weighted by molar-refractivity contribution is 5.38. The van der Waals surface area contributed by atoms with E-state index in [4.69, 9.17) is 10.5 Å². The molecule has 0 aromatic heterocycles. The molecule has 0 fully saturated rings. The van der Waals surface area contributed by atoms with Crippen LogP contribution >= 0.6 is 0 Å². The van der Waals surface area contributed by atoms with Crippen LogP contribution in [0.5, 0.6) is 0 Å². The Morgan fingerprint density at radius 3 is 2.89 bits per heavy atom. The minimum absolute atomic E-state index is 0.233. The maximum absolute atomic E-state index is 13.4. The van der Waals surface area contributed by atoms with Crippen molar-refractivity contribution in [1.29, 1.82) is 0 Å². The molecule has 98 valence electrons. The van der Waals surface area contributed by atoms with Crippen LogP contribution in [0.4, 0.5) is 4.39 Å². The van der Waals surface area contributed by atoms with E-state index in [0.717, 1.165) is 18.6 Å². The molecule has 2 N–H and O–H groups in total. The van der Waals surface area contributed by atoms with Crippen LogP contribution in [0.2, 0.25) is 0 Å². The van der Waals surface area contributed by atoms with Crippen molar-refractivity contribution in [3.8, 4) is 11.8 Å². The number of hydrogen-bond donors (Lipinski definition) is 1. The van der Waals surface area contributed by atoms with Crippen LogP contribution in [-0.4, -0.2) is 13.2 Å². The minimum Gasteiger partial charge on any atom is -0.377 e. The second kappa shape index (κ2) is 8.68. The molecule has 1 aromatic carbocycles. The monoisotopic (exact) mass is 249 g/mol. The summed E-state index contributed by atoms with van der Waals surface area (Å²) in [6, 6.07) is 4.87. The van der Waals surface area contributed by atoms with Crippen molar-refractivity contribution in [3.05, 3.63) is 35.1 Å². The smallest absolute Gasteiger partial charge is 0.138 e. The number of hydrogen-bond acceptors (Lipinski definition) is 2. The standard InChI is InChI=1S/C15H20FNO/c1-2-3-4-10-18-12-13-7-8-15(16)14(11-13)6-5-9-17/h7-8,11H,2-4,9-10,12,17H2,1H3. The summed E-state index contributed by atoms with van der Waals surface area (Å²) in [7, 11) is 0. The number of ether oxygens (including phenoxy) is 1. The molecular weight excluding hydrogens is 229 g/mol. The molecular formula is C15H20FNO. The fourth-order valence-electron chi connectivity index (χ4n) is 1.55. The van der Waals surface area contributed by atoms with Crippen molar-refractivity contribution >= 4 is 0 Å². The Morgan fingerprint density at radius 2 is 2.17 bits per heavy atom. The van der Waals surface area contributed by atoms with Gasteiger partial charge >= 0.3 is 0 Å². The molecule has 0 heterocycles. The van der Waals surface area contributed by atoms with Crippen LogP contribution in [0.15, 0.2) is 18.2 Å². The Bertz CT molecular complexity index is 420. The summed E-state index contributed by atoms with van der Waals surface area (Å²) in [6.07, 6.45) is 3.42. The van der Waals surface area contributed by atoms with E-state index in [2.05, 4.69) is 18.8 Å². The van der Waals surface area contributed by atoms with Crippen molar-refractivity contribution in [2.45, 2.75) is 32.8 Å².